The number of nitrogens with one attached hydrogen (secondary N) is 2. The largest absolute Gasteiger partial charge is 0.410 e. The van der Waals surface area contributed by atoms with E-state index in [0.717, 1.165) is 11.1 Å². The summed E-state index contributed by atoms with van der Waals surface area (Å²) >= 11 is 0. The van der Waals surface area contributed by atoms with Gasteiger partial charge in [-0.1, -0.05) is 43.3 Å². The van der Waals surface area contributed by atoms with Gasteiger partial charge in [0.1, 0.15) is 17.8 Å². The molecule has 0 saturated heterocycles. The molecule has 1 aromatic carbocycles. The number of likely N-dealkylation sites (N-methyl/N-ethyl adjacent to an activating group) is 1. The van der Waals surface area contributed by atoms with Crippen LogP contribution in [0, 0.1) is 5.92 Å². The smallest absolute Gasteiger partial charge is 0.269 e. The van der Waals surface area contributed by atoms with E-state index in [1.165, 1.54) is 6.92 Å². The molecule has 2 atom stereocenters. The fourth-order valence-electron chi connectivity index (χ4n) is 2.96. The number of fused-ring (bicyclic) bond motifs is 1. The average molecular weight is 374 g/mol. The number of oxime groups is 1. The summed E-state index contributed by atoms with van der Waals surface area (Å²) < 4.78 is 0. The van der Waals surface area contributed by atoms with Crippen LogP contribution in [0.5, 0.6) is 0 Å². The highest BCUT2D eigenvalue weighted by Gasteiger charge is 2.32. The van der Waals surface area contributed by atoms with Gasteiger partial charge in [0.05, 0.1) is 0 Å². The molecule has 0 spiro atoms. The molecule has 0 bridgehead atoms. The second-order valence-corrected chi connectivity index (χ2v) is 6.99. The fourth-order valence-corrected chi connectivity index (χ4v) is 2.96. The molecule has 0 fully saturated rings. The Bertz CT molecular complexity index is 760. The normalized spacial score (nSPS) is 18.6. The van der Waals surface area contributed by atoms with Crippen LogP contribution in [0.3, 0.4) is 0 Å². The number of carbonyl (C=O) groups is 3. The summed E-state index contributed by atoms with van der Waals surface area (Å²) in [5, 5.41) is 17.2. The molecular weight excluding hydrogens is 348 g/mol. The average Bonchev–Trinajstić information content (AvgIpc) is 2.74. The van der Waals surface area contributed by atoms with Crippen molar-refractivity contribution >= 4 is 23.4 Å². The molecule has 1 aromatic rings. The fraction of sp³-hybridized carbons (Fsp3) is 0.474. The van der Waals surface area contributed by atoms with Gasteiger partial charge in [-0.2, -0.15) is 0 Å². The predicted octanol–water partition coefficient (Wildman–Crippen LogP) is 0.849. The molecular formula is C19H26N4O4. The van der Waals surface area contributed by atoms with Gasteiger partial charge >= 0.3 is 0 Å². The van der Waals surface area contributed by atoms with E-state index in [1.807, 2.05) is 24.3 Å². The number of hydrogen-bond acceptors (Lipinski definition) is 5. The summed E-state index contributed by atoms with van der Waals surface area (Å²) in [6.07, 6.45) is 0.710. The van der Waals surface area contributed by atoms with Crippen molar-refractivity contribution in [2.45, 2.75) is 39.3 Å². The lowest BCUT2D eigenvalue weighted by atomic mass is 9.99. The van der Waals surface area contributed by atoms with Crippen LogP contribution in [0.25, 0.3) is 0 Å². The number of amides is 3. The molecule has 8 heteroatoms. The molecule has 2 rings (SSSR count). The molecule has 8 nitrogen and oxygen atoms in total. The third kappa shape index (κ3) is 4.64. The number of nitrogens with zero attached hydrogens (tertiary/aromatic N) is 2. The maximum Gasteiger partial charge on any atom is 0.269 e. The minimum atomic E-state index is -0.901. The topological polar surface area (TPSA) is 111 Å². The van der Waals surface area contributed by atoms with Crippen LogP contribution >= 0.6 is 0 Å². The van der Waals surface area contributed by atoms with Gasteiger partial charge in [0.2, 0.25) is 11.8 Å². The first-order chi connectivity index (χ1) is 12.8. The van der Waals surface area contributed by atoms with E-state index in [9.17, 15) is 14.4 Å². The second kappa shape index (κ2) is 8.66. The summed E-state index contributed by atoms with van der Waals surface area (Å²) in [6, 6.07) is 5.79. The maximum absolute atomic E-state index is 12.7. The zero-order chi connectivity index (χ0) is 20.1. The lowest BCUT2D eigenvalue weighted by Gasteiger charge is -2.24. The van der Waals surface area contributed by atoms with Crippen molar-refractivity contribution in [2.75, 3.05) is 13.6 Å². The first-order valence-electron chi connectivity index (χ1n) is 8.92. The Morgan fingerprint density at radius 1 is 1.26 bits per heavy atom. The van der Waals surface area contributed by atoms with Crippen LogP contribution in [0.1, 0.15) is 37.9 Å². The first-order valence-corrected chi connectivity index (χ1v) is 8.92. The standard InChI is InChI=1S/C19H26N4O4/c1-11(2)15(22-27)18(25)20-12(3)17(24)21-16-14-8-6-5-7-13(14)9-10-23(4)19(16)26/h5-8,11-12,16,27H,9-10H2,1-4H3,(H,20,25)(H,21,24)/t12-,16+/m0/s1. The molecule has 146 valence electrons. The Kier molecular flexibility index (Phi) is 6.55. The van der Waals surface area contributed by atoms with E-state index in [4.69, 9.17) is 5.21 Å². The van der Waals surface area contributed by atoms with Gasteiger partial charge in [-0.3, -0.25) is 14.4 Å². The zero-order valence-electron chi connectivity index (χ0n) is 16.0. The predicted molar refractivity (Wildman–Crippen MR) is 100 cm³/mol. The van der Waals surface area contributed by atoms with Crippen molar-refractivity contribution in [3.8, 4) is 0 Å². The minimum Gasteiger partial charge on any atom is -0.410 e. The molecule has 0 radical (unpaired) electrons. The van der Waals surface area contributed by atoms with E-state index in [1.54, 1.807) is 25.8 Å². The Balaban J connectivity index is 2.15. The number of benzene rings is 1. The van der Waals surface area contributed by atoms with Gasteiger partial charge in [0.15, 0.2) is 0 Å². The highest BCUT2D eigenvalue weighted by Crippen LogP contribution is 2.24. The van der Waals surface area contributed by atoms with Crippen molar-refractivity contribution in [1.29, 1.82) is 0 Å². The van der Waals surface area contributed by atoms with Gasteiger partial charge in [-0.25, -0.2) is 0 Å². The van der Waals surface area contributed by atoms with E-state index in [-0.39, 0.29) is 17.5 Å². The molecule has 1 aliphatic heterocycles. The van der Waals surface area contributed by atoms with Crippen LogP contribution < -0.4 is 10.6 Å². The van der Waals surface area contributed by atoms with Crippen molar-refractivity contribution in [3.05, 3.63) is 35.4 Å². The van der Waals surface area contributed by atoms with Gasteiger partial charge in [0, 0.05) is 19.5 Å². The number of hydrogen-bond donors (Lipinski definition) is 3. The second-order valence-electron chi connectivity index (χ2n) is 6.99. The maximum atomic E-state index is 12.7. The lowest BCUT2D eigenvalue weighted by molar-refractivity contribution is -0.136. The molecule has 0 aromatic heterocycles. The Hall–Kier alpha value is -2.90. The van der Waals surface area contributed by atoms with Crippen LogP contribution in [-0.4, -0.2) is 53.2 Å². The summed E-state index contributed by atoms with van der Waals surface area (Å²) in [6.45, 7) is 5.49. The van der Waals surface area contributed by atoms with E-state index < -0.39 is 23.9 Å². The molecule has 27 heavy (non-hydrogen) atoms. The molecule has 0 unspecified atom stereocenters. The summed E-state index contributed by atoms with van der Waals surface area (Å²) in [5.41, 5.74) is 1.70. The van der Waals surface area contributed by atoms with Gasteiger partial charge in [-0.05, 0) is 24.5 Å². The zero-order valence-corrected chi connectivity index (χ0v) is 16.0. The lowest BCUT2D eigenvalue weighted by Crippen LogP contribution is -2.50. The monoisotopic (exact) mass is 374 g/mol. The first kappa shape index (κ1) is 20.4. The Morgan fingerprint density at radius 3 is 2.56 bits per heavy atom. The quantitative estimate of drug-likeness (QED) is 0.403. The highest BCUT2D eigenvalue weighted by atomic mass is 16.4. The summed E-state index contributed by atoms with van der Waals surface area (Å²) in [7, 11) is 1.70. The van der Waals surface area contributed by atoms with Gasteiger partial charge in [0.25, 0.3) is 5.91 Å². The summed E-state index contributed by atoms with van der Waals surface area (Å²) in [5.74, 6) is -1.62. The van der Waals surface area contributed by atoms with Crippen molar-refractivity contribution in [3.63, 3.8) is 0 Å². The van der Waals surface area contributed by atoms with Crippen LogP contribution in [0.2, 0.25) is 0 Å². The van der Waals surface area contributed by atoms with Gasteiger partial charge in [-0.15, -0.1) is 0 Å². The van der Waals surface area contributed by atoms with Crippen LogP contribution in [0.4, 0.5) is 0 Å². The molecule has 1 heterocycles. The Morgan fingerprint density at radius 2 is 1.93 bits per heavy atom. The number of rotatable bonds is 5. The van der Waals surface area contributed by atoms with E-state index in [2.05, 4.69) is 15.8 Å². The van der Waals surface area contributed by atoms with E-state index in [0.29, 0.717) is 13.0 Å². The third-order valence-corrected chi connectivity index (χ3v) is 4.62. The molecule has 3 N–H and O–H groups in total. The van der Waals surface area contributed by atoms with Crippen LogP contribution in [0.15, 0.2) is 29.4 Å². The van der Waals surface area contributed by atoms with Crippen molar-refractivity contribution in [2.24, 2.45) is 11.1 Å². The summed E-state index contributed by atoms with van der Waals surface area (Å²) in [4.78, 5) is 39.0. The SMILES string of the molecule is CC(C)C(=NO)C(=O)N[C@@H](C)C(=O)N[C@H]1C(=O)N(C)CCc2ccccc21. The molecule has 1 aliphatic rings. The highest BCUT2D eigenvalue weighted by molar-refractivity contribution is 6.39. The molecule has 0 aliphatic carbocycles. The molecule has 3 amide bonds. The van der Waals surface area contributed by atoms with E-state index >= 15 is 0 Å². The third-order valence-electron chi connectivity index (χ3n) is 4.62. The minimum absolute atomic E-state index is 0.0646. The number of carbonyl (C=O) groups excluding carboxylic acids is 3. The van der Waals surface area contributed by atoms with Crippen molar-refractivity contribution in [1.82, 2.24) is 15.5 Å². The van der Waals surface area contributed by atoms with Gasteiger partial charge < -0.3 is 20.7 Å². The van der Waals surface area contributed by atoms with Crippen molar-refractivity contribution < 1.29 is 19.6 Å². The Labute approximate surface area is 158 Å². The van der Waals surface area contributed by atoms with Crippen LogP contribution in [-0.2, 0) is 20.8 Å². The molecule has 0 saturated carbocycles.